The zero-order chi connectivity index (χ0) is 14.1. The second-order valence-corrected chi connectivity index (χ2v) is 7.10. The standard InChI is InChI=1S/C16H28N2O2/c17-15(8-11-4-2-1-3-5-11)16(20)18-12-6-7-13(18)10-14(19)9-12/h11-15,19H,1-10,17H2. The number of fused-ring (bicyclic) bond motifs is 2. The Hall–Kier alpha value is -0.610. The molecule has 1 aliphatic carbocycles. The van der Waals surface area contributed by atoms with Crippen LogP contribution in [0.25, 0.3) is 0 Å². The fourth-order valence-electron chi connectivity index (χ4n) is 4.58. The Morgan fingerprint density at radius 1 is 1.10 bits per heavy atom. The molecule has 4 nitrogen and oxygen atoms in total. The highest BCUT2D eigenvalue weighted by molar-refractivity contribution is 5.82. The number of carbonyl (C=O) groups is 1. The van der Waals surface area contributed by atoms with Crippen LogP contribution in [0.4, 0.5) is 0 Å². The van der Waals surface area contributed by atoms with Crippen molar-refractivity contribution in [2.45, 2.75) is 88.4 Å². The van der Waals surface area contributed by atoms with E-state index in [1.807, 2.05) is 4.90 Å². The van der Waals surface area contributed by atoms with Gasteiger partial charge in [-0.2, -0.15) is 0 Å². The van der Waals surface area contributed by atoms with Gasteiger partial charge in [0.25, 0.3) is 0 Å². The molecule has 3 N–H and O–H groups in total. The van der Waals surface area contributed by atoms with E-state index in [4.69, 9.17) is 5.73 Å². The molecule has 3 rings (SSSR count). The molecule has 0 aromatic rings. The maximum Gasteiger partial charge on any atom is 0.239 e. The van der Waals surface area contributed by atoms with Gasteiger partial charge in [0, 0.05) is 12.1 Å². The quantitative estimate of drug-likeness (QED) is 0.828. The van der Waals surface area contributed by atoms with Gasteiger partial charge in [-0.15, -0.1) is 0 Å². The van der Waals surface area contributed by atoms with Gasteiger partial charge in [0.2, 0.25) is 5.91 Å². The van der Waals surface area contributed by atoms with Crippen molar-refractivity contribution in [1.29, 1.82) is 0 Å². The van der Waals surface area contributed by atoms with Crippen LogP contribution in [-0.2, 0) is 4.79 Å². The highest BCUT2D eigenvalue weighted by atomic mass is 16.3. The van der Waals surface area contributed by atoms with Crippen LogP contribution in [0.1, 0.15) is 64.2 Å². The first-order chi connectivity index (χ1) is 9.65. The number of rotatable bonds is 3. The van der Waals surface area contributed by atoms with Gasteiger partial charge in [-0.3, -0.25) is 4.79 Å². The minimum Gasteiger partial charge on any atom is -0.393 e. The van der Waals surface area contributed by atoms with Crippen LogP contribution in [0.2, 0.25) is 0 Å². The average molecular weight is 280 g/mol. The molecule has 2 bridgehead atoms. The molecule has 4 heteroatoms. The molecule has 0 aromatic carbocycles. The number of aliphatic hydroxyl groups is 1. The molecule has 3 unspecified atom stereocenters. The maximum absolute atomic E-state index is 12.7. The van der Waals surface area contributed by atoms with Crippen molar-refractivity contribution in [2.75, 3.05) is 0 Å². The number of hydrogen-bond donors (Lipinski definition) is 2. The van der Waals surface area contributed by atoms with E-state index in [0.29, 0.717) is 5.92 Å². The first kappa shape index (κ1) is 14.3. The molecule has 2 heterocycles. The lowest BCUT2D eigenvalue weighted by molar-refractivity contribution is -0.139. The number of carbonyl (C=O) groups excluding carboxylic acids is 1. The zero-order valence-electron chi connectivity index (χ0n) is 12.3. The Balaban J connectivity index is 1.58. The first-order valence-corrected chi connectivity index (χ1v) is 8.41. The molecular formula is C16H28N2O2. The minimum atomic E-state index is -0.323. The van der Waals surface area contributed by atoms with E-state index in [1.165, 1.54) is 32.1 Å². The molecule has 3 atom stereocenters. The summed E-state index contributed by atoms with van der Waals surface area (Å²) in [5.41, 5.74) is 6.21. The normalized spacial score (nSPS) is 36.1. The molecule has 1 saturated carbocycles. The summed E-state index contributed by atoms with van der Waals surface area (Å²) in [5.74, 6) is 0.797. The van der Waals surface area contributed by atoms with Crippen LogP contribution in [0.3, 0.4) is 0 Å². The van der Waals surface area contributed by atoms with E-state index in [0.717, 1.165) is 32.1 Å². The molecule has 0 aromatic heterocycles. The Labute approximate surface area is 121 Å². The topological polar surface area (TPSA) is 66.6 Å². The summed E-state index contributed by atoms with van der Waals surface area (Å²) in [5, 5.41) is 9.82. The van der Waals surface area contributed by atoms with Crippen LogP contribution < -0.4 is 5.73 Å². The van der Waals surface area contributed by atoms with Crippen molar-refractivity contribution in [3.05, 3.63) is 0 Å². The van der Waals surface area contributed by atoms with Gasteiger partial charge in [-0.05, 0) is 38.0 Å². The van der Waals surface area contributed by atoms with Crippen LogP contribution in [0, 0.1) is 5.92 Å². The molecule has 2 saturated heterocycles. The number of piperidine rings is 1. The summed E-state index contributed by atoms with van der Waals surface area (Å²) >= 11 is 0. The van der Waals surface area contributed by atoms with Crippen LogP contribution >= 0.6 is 0 Å². The minimum absolute atomic E-state index is 0.148. The predicted octanol–water partition coefficient (Wildman–Crippen LogP) is 1.80. The van der Waals surface area contributed by atoms with E-state index in [2.05, 4.69) is 0 Å². The van der Waals surface area contributed by atoms with Crippen LogP contribution in [0.15, 0.2) is 0 Å². The lowest BCUT2D eigenvalue weighted by Crippen LogP contribution is -2.53. The van der Waals surface area contributed by atoms with Gasteiger partial charge in [-0.25, -0.2) is 0 Å². The Bertz CT molecular complexity index is 340. The molecule has 3 fully saturated rings. The average Bonchev–Trinajstić information content (AvgIpc) is 2.71. The van der Waals surface area contributed by atoms with Gasteiger partial charge in [0.15, 0.2) is 0 Å². The van der Waals surface area contributed by atoms with E-state index >= 15 is 0 Å². The van der Waals surface area contributed by atoms with Crippen molar-refractivity contribution < 1.29 is 9.90 Å². The second-order valence-electron chi connectivity index (χ2n) is 7.10. The molecule has 20 heavy (non-hydrogen) atoms. The van der Waals surface area contributed by atoms with E-state index < -0.39 is 0 Å². The molecule has 0 radical (unpaired) electrons. The second kappa shape index (κ2) is 6.02. The third kappa shape index (κ3) is 2.86. The monoisotopic (exact) mass is 280 g/mol. The highest BCUT2D eigenvalue weighted by Crippen LogP contribution is 2.36. The summed E-state index contributed by atoms with van der Waals surface area (Å²) in [7, 11) is 0. The first-order valence-electron chi connectivity index (χ1n) is 8.41. The summed E-state index contributed by atoms with van der Waals surface area (Å²) in [6.45, 7) is 0. The molecule has 3 aliphatic rings. The smallest absolute Gasteiger partial charge is 0.239 e. The van der Waals surface area contributed by atoms with Gasteiger partial charge < -0.3 is 15.7 Å². The highest BCUT2D eigenvalue weighted by Gasteiger charge is 2.44. The third-order valence-corrected chi connectivity index (χ3v) is 5.59. The fourth-order valence-corrected chi connectivity index (χ4v) is 4.58. The summed E-state index contributed by atoms with van der Waals surface area (Å²) in [4.78, 5) is 14.7. The van der Waals surface area contributed by atoms with E-state index in [-0.39, 0.29) is 30.1 Å². The maximum atomic E-state index is 12.7. The Morgan fingerprint density at radius 3 is 2.30 bits per heavy atom. The number of nitrogens with zero attached hydrogens (tertiary/aromatic N) is 1. The molecule has 0 spiro atoms. The summed E-state index contributed by atoms with van der Waals surface area (Å²) in [6, 6.07) is 0.166. The van der Waals surface area contributed by atoms with Crippen molar-refractivity contribution >= 4 is 5.91 Å². The number of aliphatic hydroxyl groups excluding tert-OH is 1. The molecule has 114 valence electrons. The molecule has 2 aliphatic heterocycles. The number of hydrogen-bond acceptors (Lipinski definition) is 3. The summed E-state index contributed by atoms with van der Waals surface area (Å²) < 4.78 is 0. The molecule has 1 amide bonds. The van der Waals surface area contributed by atoms with E-state index in [9.17, 15) is 9.90 Å². The predicted molar refractivity (Wildman–Crippen MR) is 78.1 cm³/mol. The van der Waals surface area contributed by atoms with Crippen LogP contribution in [0.5, 0.6) is 0 Å². The fraction of sp³-hybridized carbons (Fsp3) is 0.938. The van der Waals surface area contributed by atoms with Gasteiger partial charge in [0.05, 0.1) is 12.1 Å². The van der Waals surface area contributed by atoms with Crippen molar-refractivity contribution in [3.8, 4) is 0 Å². The largest absolute Gasteiger partial charge is 0.393 e. The zero-order valence-corrected chi connectivity index (χ0v) is 12.3. The SMILES string of the molecule is NC(CC1CCCCC1)C(=O)N1C2CCC1CC(O)C2. The van der Waals surface area contributed by atoms with Gasteiger partial charge >= 0.3 is 0 Å². The van der Waals surface area contributed by atoms with Gasteiger partial charge in [-0.1, -0.05) is 32.1 Å². The third-order valence-electron chi connectivity index (χ3n) is 5.59. The van der Waals surface area contributed by atoms with Crippen molar-refractivity contribution in [2.24, 2.45) is 11.7 Å². The number of amides is 1. The number of nitrogens with two attached hydrogens (primary N) is 1. The Kier molecular flexibility index (Phi) is 4.32. The van der Waals surface area contributed by atoms with Crippen molar-refractivity contribution in [1.82, 2.24) is 4.90 Å². The van der Waals surface area contributed by atoms with Gasteiger partial charge in [0.1, 0.15) is 0 Å². The van der Waals surface area contributed by atoms with Crippen molar-refractivity contribution in [3.63, 3.8) is 0 Å². The van der Waals surface area contributed by atoms with Crippen LogP contribution in [-0.4, -0.2) is 40.1 Å². The molecular weight excluding hydrogens is 252 g/mol. The summed E-state index contributed by atoms with van der Waals surface area (Å²) in [6.07, 6.45) is 10.7. The lowest BCUT2D eigenvalue weighted by atomic mass is 9.84. The Morgan fingerprint density at radius 2 is 1.70 bits per heavy atom. The lowest BCUT2D eigenvalue weighted by Gasteiger charge is -2.39. The van der Waals surface area contributed by atoms with E-state index in [1.54, 1.807) is 0 Å².